The molecule has 0 aliphatic carbocycles. The number of aliphatic imine (C=N–C) groups is 1. The molecule has 0 aromatic heterocycles. The summed E-state index contributed by atoms with van der Waals surface area (Å²) in [5.41, 5.74) is 1.51. The molecule has 3 rings (SSSR count). The molecule has 0 unspecified atom stereocenters. The lowest BCUT2D eigenvalue weighted by Gasteiger charge is -2.12. The molecular formula is C20H15BrClNO4. The molecule has 0 bridgehead atoms. The fraction of sp³-hybridized carbons (Fsp3) is 0.100. The van der Waals surface area contributed by atoms with Crippen molar-refractivity contribution >= 4 is 45.5 Å². The number of nitrogens with zero attached hydrogens (tertiary/aromatic N) is 1. The summed E-state index contributed by atoms with van der Waals surface area (Å²) in [5.74, 6) is 0.576. The number of hydrogen-bond donors (Lipinski definition) is 0. The van der Waals surface area contributed by atoms with Crippen molar-refractivity contribution in [2.75, 3.05) is 13.7 Å². The van der Waals surface area contributed by atoms with E-state index in [1.54, 1.807) is 24.3 Å². The van der Waals surface area contributed by atoms with Gasteiger partial charge in [0.2, 0.25) is 5.90 Å². The van der Waals surface area contributed by atoms with Gasteiger partial charge in [0.15, 0.2) is 17.2 Å². The van der Waals surface area contributed by atoms with Crippen LogP contribution >= 0.6 is 27.5 Å². The van der Waals surface area contributed by atoms with E-state index in [1.165, 1.54) is 7.11 Å². The Morgan fingerprint density at radius 1 is 1.30 bits per heavy atom. The highest BCUT2D eigenvalue weighted by molar-refractivity contribution is 9.10. The van der Waals surface area contributed by atoms with Crippen LogP contribution in [0.5, 0.6) is 11.5 Å². The van der Waals surface area contributed by atoms with Gasteiger partial charge in [-0.25, -0.2) is 9.79 Å². The Hall–Kier alpha value is -2.57. The summed E-state index contributed by atoms with van der Waals surface area (Å²) < 4.78 is 17.0. The summed E-state index contributed by atoms with van der Waals surface area (Å²) in [5, 5.41) is 0.353. The average molecular weight is 449 g/mol. The van der Waals surface area contributed by atoms with E-state index in [-0.39, 0.29) is 11.6 Å². The van der Waals surface area contributed by atoms with Gasteiger partial charge in [-0.1, -0.05) is 40.2 Å². The quantitative estimate of drug-likeness (QED) is 0.354. The molecule has 27 heavy (non-hydrogen) atoms. The second-order valence-electron chi connectivity index (χ2n) is 5.48. The fourth-order valence-electron chi connectivity index (χ4n) is 2.39. The molecule has 0 amide bonds. The molecule has 0 N–H and O–H groups in total. The zero-order chi connectivity index (χ0) is 19.4. The first-order valence-electron chi connectivity index (χ1n) is 7.91. The van der Waals surface area contributed by atoms with Crippen LogP contribution in [0, 0.1) is 0 Å². The Morgan fingerprint density at radius 2 is 2.04 bits per heavy atom. The van der Waals surface area contributed by atoms with E-state index in [9.17, 15) is 4.79 Å². The van der Waals surface area contributed by atoms with Crippen molar-refractivity contribution in [2.45, 2.75) is 0 Å². The van der Waals surface area contributed by atoms with Crippen LogP contribution in [0.4, 0.5) is 0 Å². The van der Waals surface area contributed by atoms with E-state index in [4.69, 9.17) is 25.8 Å². The third-order valence-corrected chi connectivity index (χ3v) is 4.42. The van der Waals surface area contributed by atoms with Gasteiger partial charge in [-0.3, -0.25) is 0 Å². The third-order valence-electron chi connectivity index (χ3n) is 3.61. The largest absolute Gasteiger partial charge is 0.493 e. The third kappa shape index (κ3) is 4.40. The number of hydrogen-bond acceptors (Lipinski definition) is 5. The predicted molar refractivity (Wildman–Crippen MR) is 108 cm³/mol. The second-order valence-corrected chi connectivity index (χ2v) is 6.80. The molecule has 5 nitrogen and oxygen atoms in total. The van der Waals surface area contributed by atoms with Crippen molar-refractivity contribution in [3.8, 4) is 11.5 Å². The number of cyclic esters (lactones) is 1. The maximum Gasteiger partial charge on any atom is 0.363 e. The Balaban J connectivity index is 1.93. The van der Waals surface area contributed by atoms with Gasteiger partial charge in [0, 0.05) is 10.0 Å². The Kier molecular flexibility index (Phi) is 5.98. The molecule has 0 radical (unpaired) electrons. The van der Waals surface area contributed by atoms with Gasteiger partial charge in [0.1, 0.15) is 6.61 Å². The molecule has 2 aromatic carbocycles. The molecule has 0 atom stereocenters. The second kappa shape index (κ2) is 8.41. The minimum atomic E-state index is -0.532. The fourth-order valence-corrected chi connectivity index (χ4v) is 2.93. The first-order valence-corrected chi connectivity index (χ1v) is 9.08. The van der Waals surface area contributed by atoms with Crippen molar-refractivity contribution in [3.63, 3.8) is 0 Å². The van der Waals surface area contributed by atoms with Crippen molar-refractivity contribution in [1.82, 2.24) is 0 Å². The number of benzene rings is 2. The van der Waals surface area contributed by atoms with E-state index in [2.05, 4.69) is 27.5 Å². The maximum absolute atomic E-state index is 12.2. The number of methoxy groups -OCH3 is 1. The predicted octanol–water partition coefficient (Wildman–Crippen LogP) is 5.02. The Bertz CT molecular complexity index is 951. The van der Waals surface area contributed by atoms with Crippen LogP contribution in [0.25, 0.3) is 6.08 Å². The zero-order valence-electron chi connectivity index (χ0n) is 14.4. The lowest BCUT2D eigenvalue weighted by molar-refractivity contribution is -0.129. The SMILES string of the molecule is C=CCOc1c(Cl)cc(C=C2N=C(c3ccc(Br)cc3)OC2=O)cc1OC. The molecule has 0 saturated carbocycles. The van der Waals surface area contributed by atoms with Gasteiger partial charge in [-0.15, -0.1) is 0 Å². The smallest absolute Gasteiger partial charge is 0.363 e. The van der Waals surface area contributed by atoms with Gasteiger partial charge in [0.25, 0.3) is 0 Å². The summed E-state index contributed by atoms with van der Waals surface area (Å²) in [6, 6.07) is 10.7. The van der Waals surface area contributed by atoms with Gasteiger partial charge in [-0.05, 0) is 48.0 Å². The van der Waals surface area contributed by atoms with Crippen LogP contribution < -0.4 is 9.47 Å². The molecule has 0 fully saturated rings. The highest BCUT2D eigenvalue weighted by Gasteiger charge is 2.24. The number of esters is 1. The van der Waals surface area contributed by atoms with Gasteiger partial charge >= 0.3 is 5.97 Å². The van der Waals surface area contributed by atoms with Crippen LogP contribution in [0.15, 0.2) is 64.2 Å². The van der Waals surface area contributed by atoms with Crippen molar-refractivity contribution in [2.24, 2.45) is 4.99 Å². The topological polar surface area (TPSA) is 57.1 Å². The first kappa shape index (κ1) is 19.2. The van der Waals surface area contributed by atoms with Gasteiger partial charge in [-0.2, -0.15) is 0 Å². The maximum atomic E-state index is 12.2. The van der Waals surface area contributed by atoms with Gasteiger partial charge < -0.3 is 14.2 Å². The lowest BCUT2D eigenvalue weighted by atomic mass is 10.1. The monoisotopic (exact) mass is 447 g/mol. The molecule has 138 valence electrons. The van der Waals surface area contributed by atoms with Crippen molar-refractivity contribution in [1.29, 1.82) is 0 Å². The van der Waals surface area contributed by atoms with Crippen LogP contribution in [0.2, 0.25) is 5.02 Å². The summed E-state index contributed by atoms with van der Waals surface area (Å²) in [7, 11) is 1.51. The van der Waals surface area contributed by atoms with E-state index >= 15 is 0 Å². The van der Waals surface area contributed by atoms with E-state index in [0.717, 1.165) is 4.47 Å². The molecule has 0 spiro atoms. The van der Waals surface area contributed by atoms with E-state index < -0.39 is 5.97 Å². The summed E-state index contributed by atoms with van der Waals surface area (Å²) in [6.07, 6.45) is 3.19. The molecule has 1 heterocycles. The average Bonchev–Trinajstić information content (AvgIpc) is 3.01. The van der Waals surface area contributed by atoms with E-state index in [1.807, 2.05) is 24.3 Å². The summed E-state index contributed by atoms with van der Waals surface area (Å²) in [4.78, 5) is 16.4. The summed E-state index contributed by atoms with van der Waals surface area (Å²) >= 11 is 9.65. The minimum absolute atomic E-state index is 0.172. The lowest BCUT2D eigenvalue weighted by Crippen LogP contribution is -2.05. The Labute approximate surface area is 170 Å². The number of carbonyl (C=O) groups excluding carboxylic acids is 1. The highest BCUT2D eigenvalue weighted by atomic mass is 79.9. The van der Waals surface area contributed by atoms with Crippen molar-refractivity contribution in [3.05, 3.63) is 75.4 Å². The standard InChI is InChI=1S/C20H15BrClNO4/c1-3-8-26-18-15(22)9-12(11-17(18)25-2)10-16-20(24)27-19(23-16)13-4-6-14(21)7-5-13/h3-7,9-11H,1,8H2,2H3. The number of carbonyl (C=O) groups is 1. The molecule has 0 saturated heterocycles. The van der Waals surface area contributed by atoms with Crippen LogP contribution in [0.1, 0.15) is 11.1 Å². The number of rotatable bonds is 6. The van der Waals surface area contributed by atoms with Gasteiger partial charge in [0.05, 0.1) is 12.1 Å². The molecule has 1 aliphatic rings. The zero-order valence-corrected chi connectivity index (χ0v) is 16.7. The number of ether oxygens (including phenoxy) is 3. The normalized spacial score (nSPS) is 14.7. The first-order chi connectivity index (χ1) is 13.0. The van der Waals surface area contributed by atoms with Crippen LogP contribution in [0.3, 0.4) is 0 Å². The van der Waals surface area contributed by atoms with Crippen molar-refractivity contribution < 1.29 is 19.0 Å². The molecule has 2 aromatic rings. The van der Waals surface area contributed by atoms with Crippen LogP contribution in [-0.2, 0) is 9.53 Å². The highest BCUT2D eigenvalue weighted by Crippen LogP contribution is 2.37. The van der Waals surface area contributed by atoms with Crippen LogP contribution in [-0.4, -0.2) is 25.6 Å². The minimum Gasteiger partial charge on any atom is -0.493 e. The Morgan fingerprint density at radius 3 is 2.70 bits per heavy atom. The molecular weight excluding hydrogens is 434 g/mol. The molecule has 7 heteroatoms. The summed E-state index contributed by atoms with van der Waals surface area (Å²) in [6.45, 7) is 3.90. The molecule has 1 aliphatic heterocycles. The van der Waals surface area contributed by atoms with E-state index in [0.29, 0.717) is 34.3 Å². The number of halogens is 2.